The predicted octanol–water partition coefficient (Wildman–Crippen LogP) is 3.44. The van der Waals surface area contributed by atoms with Crippen molar-refractivity contribution in [2.45, 2.75) is 50.5 Å². The second-order valence-corrected chi connectivity index (χ2v) is 6.15. The van der Waals surface area contributed by atoms with Crippen molar-refractivity contribution >= 4 is 0 Å². The Bertz CT molecular complexity index is 403. The molecule has 19 heavy (non-hydrogen) atoms. The molecule has 0 aromatic heterocycles. The minimum absolute atomic E-state index is 0.428. The van der Waals surface area contributed by atoms with Gasteiger partial charge in [0.2, 0.25) is 0 Å². The van der Waals surface area contributed by atoms with Gasteiger partial charge in [-0.25, -0.2) is 0 Å². The van der Waals surface area contributed by atoms with Crippen molar-refractivity contribution < 1.29 is 0 Å². The molecule has 0 spiro atoms. The zero-order valence-corrected chi connectivity index (χ0v) is 11.9. The van der Waals surface area contributed by atoms with Crippen LogP contribution in [0.25, 0.3) is 0 Å². The maximum Gasteiger partial charge on any atom is 0.0470 e. The van der Waals surface area contributed by atoms with Crippen molar-refractivity contribution in [3.8, 4) is 0 Å². The van der Waals surface area contributed by atoms with E-state index in [1.165, 1.54) is 62.7 Å². The molecule has 1 saturated heterocycles. The van der Waals surface area contributed by atoms with Crippen molar-refractivity contribution in [1.29, 1.82) is 0 Å². The van der Waals surface area contributed by atoms with Gasteiger partial charge in [0.25, 0.3) is 0 Å². The molecular formula is C17H26N2. The van der Waals surface area contributed by atoms with Crippen molar-refractivity contribution in [2.24, 2.45) is 5.73 Å². The second kappa shape index (κ2) is 6.06. The zero-order valence-electron chi connectivity index (χ0n) is 11.9. The molecule has 0 amide bonds. The molecule has 1 atom stereocenters. The average Bonchev–Trinajstić information content (AvgIpc) is 3.28. The van der Waals surface area contributed by atoms with E-state index < -0.39 is 0 Å². The number of benzene rings is 1. The minimum Gasteiger partial charge on any atom is -0.329 e. The van der Waals surface area contributed by atoms with E-state index in [1.54, 1.807) is 0 Å². The molecule has 0 radical (unpaired) electrons. The summed E-state index contributed by atoms with van der Waals surface area (Å²) in [7, 11) is 0. The third kappa shape index (κ3) is 3.18. The molecular weight excluding hydrogens is 232 g/mol. The largest absolute Gasteiger partial charge is 0.329 e. The van der Waals surface area contributed by atoms with Crippen molar-refractivity contribution in [3.05, 3.63) is 35.4 Å². The van der Waals surface area contributed by atoms with E-state index in [1.807, 2.05) is 0 Å². The lowest BCUT2D eigenvalue weighted by Gasteiger charge is -2.30. The maximum atomic E-state index is 6.09. The smallest absolute Gasteiger partial charge is 0.0470 e. The highest BCUT2D eigenvalue weighted by Crippen LogP contribution is 2.40. The van der Waals surface area contributed by atoms with Crippen molar-refractivity contribution in [2.75, 3.05) is 19.6 Å². The van der Waals surface area contributed by atoms with Crippen molar-refractivity contribution in [3.63, 3.8) is 0 Å². The van der Waals surface area contributed by atoms with Crippen LogP contribution in [0.2, 0.25) is 0 Å². The molecule has 1 aromatic carbocycles. The lowest BCUT2D eigenvalue weighted by atomic mass is 10.0. The molecule has 1 unspecified atom stereocenters. The molecule has 0 bridgehead atoms. The molecule has 104 valence electrons. The molecule has 1 saturated carbocycles. The van der Waals surface area contributed by atoms with E-state index in [0.29, 0.717) is 6.04 Å². The highest BCUT2D eigenvalue weighted by Gasteiger charge is 2.25. The third-order valence-electron chi connectivity index (χ3n) is 4.65. The number of likely N-dealkylation sites (tertiary alicyclic amines) is 1. The summed E-state index contributed by atoms with van der Waals surface area (Å²) >= 11 is 0. The monoisotopic (exact) mass is 258 g/mol. The first-order chi connectivity index (χ1) is 9.38. The standard InChI is InChI=1S/C17H26N2/c18-13-17(19-10-3-1-2-4-11-19)16-7-5-6-15(12-16)14-8-9-14/h5-7,12,14,17H,1-4,8-11,13,18H2. The summed E-state index contributed by atoms with van der Waals surface area (Å²) in [4.78, 5) is 2.61. The lowest BCUT2D eigenvalue weighted by Crippen LogP contribution is -2.34. The highest BCUT2D eigenvalue weighted by molar-refractivity contribution is 5.31. The molecule has 1 aliphatic carbocycles. The van der Waals surface area contributed by atoms with Gasteiger partial charge in [0, 0.05) is 12.6 Å². The number of hydrogen-bond acceptors (Lipinski definition) is 2. The Morgan fingerprint density at radius 1 is 1.11 bits per heavy atom. The Labute approximate surface area is 117 Å². The van der Waals surface area contributed by atoms with Gasteiger partial charge in [-0.3, -0.25) is 4.90 Å². The molecule has 2 N–H and O–H groups in total. The summed E-state index contributed by atoms with van der Waals surface area (Å²) in [5, 5.41) is 0. The van der Waals surface area contributed by atoms with E-state index in [2.05, 4.69) is 29.2 Å². The summed E-state index contributed by atoms with van der Waals surface area (Å²) < 4.78 is 0. The first-order valence-electron chi connectivity index (χ1n) is 7.92. The van der Waals surface area contributed by atoms with Crippen LogP contribution in [0, 0.1) is 0 Å². The second-order valence-electron chi connectivity index (χ2n) is 6.15. The number of hydrogen-bond donors (Lipinski definition) is 1. The van der Waals surface area contributed by atoms with Crippen LogP contribution >= 0.6 is 0 Å². The van der Waals surface area contributed by atoms with Gasteiger partial charge in [-0.1, -0.05) is 37.1 Å². The van der Waals surface area contributed by atoms with Crippen LogP contribution in [0.5, 0.6) is 0 Å². The summed E-state index contributed by atoms with van der Waals surface area (Å²) in [5.41, 5.74) is 9.06. The summed E-state index contributed by atoms with van der Waals surface area (Å²) in [6.45, 7) is 3.18. The van der Waals surface area contributed by atoms with Crippen molar-refractivity contribution in [1.82, 2.24) is 4.90 Å². The number of nitrogens with two attached hydrogens (primary N) is 1. The predicted molar refractivity (Wildman–Crippen MR) is 80.3 cm³/mol. The number of nitrogens with zero attached hydrogens (tertiary/aromatic N) is 1. The zero-order chi connectivity index (χ0) is 13.1. The fourth-order valence-corrected chi connectivity index (χ4v) is 3.34. The Balaban J connectivity index is 1.77. The highest BCUT2D eigenvalue weighted by atomic mass is 15.2. The normalized spacial score (nSPS) is 23.0. The molecule has 2 nitrogen and oxygen atoms in total. The van der Waals surface area contributed by atoms with E-state index in [0.717, 1.165) is 12.5 Å². The molecule has 2 fully saturated rings. The van der Waals surface area contributed by atoms with Crippen LogP contribution in [0.4, 0.5) is 0 Å². The van der Waals surface area contributed by atoms with Gasteiger partial charge in [0.15, 0.2) is 0 Å². The summed E-state index contributed by atoms with van der Waals surface area (Å²) in [6, 6.07) is 9.63. The first-order valence-corrected chi connectivity index (χ1v) is 7.92. The van der Waals surface area contributed by atoms with Crippen LogP contribution in [-0.2, 0) is 0 Å². The summed E-state index contributed by atoms with van der Waals surface area (Å²) in [5.74, 6) is 0.836. The average molecular weight is 258 g/mol. The SMILES string of the molecule is NCC(c1cccc(C2CC2)c1)N1CCCCCC1. The van der Waals surface area contributed by atoms with Gasteiger partial charge in [-0.05, 0) is 55.8 Å². The quantitative estimate of drug-likeness (QED) is 0.896. The Morgan fingerprint density at radius 2 is 1.84 bits per heavy atom. The lowest BCUT2D eigenvalue weighted by molar-refractivity contribution is 0.209. The molecule has 1 heterocycles. The molecule has 1 aromatic rings. The van der Waals surface area contributed by atoms with Crippen LogP contribution in [0.1, 0.15) is 61.6 Å². The molecule has 2 heteroatoms. The topological polar surface area (TPSA) is 29.3 Å². The van der Waals surface area contributed by atoms with E-state index in [-0.39, 0.29) is 0 Å². The minimum atomic E-state index is 0.428. The molecule has 1 aliphatic heterocycles. The van der Waals surface area contributed by atoms with E-state index in [4.69, 9.17) is 5.73 Å². The van der Waals surface area contributed by atoms with Gasteiger partial charge in [0.05, 0.1) is 0 Å². The third-order valence-corrected chi connectivity index (χ3v) is 4.65. The first kappa shape index (κ1) is 13.1. The van der Waals surface area contributed by atoms with Gasteiger partial charge in [-0.15, -0.1) is 0 Å². The Morgan fingerprint density at radius 3 is 2.47 bits per heavy atom. The van der Waals surface area contributed by atoms with Crippen LogP contribution in [0.15, 0.2) is 24.3 Å². The van der Waals surface area contributed by atoms with Gasteiger partial charge < -0.3 is 5.73 Å². The van der Waals surface area contributed by atoms with Gasteiger partial charge >= 0.3 is 0 Å². The maximum absolute atomic E-state index is 6.09. The van der Waals surface area contributed by atoms with E-state index in [9.17, 15) is 0 Å². The Kier molecular flexibility index (Phi) is 4.19. The van der Waals surface area contributed by atoms with Gasteiger partial charge in [0.1, 0.15) is 0 Å². The number of rotatable bonds is 4. The van der Waals surface area contributed by atoms with Gasteiger partial charge in [-0.2, -0.15) is 0 Å². The fraction of sp³-hybridized carbons (Fsp3) is 0.647. The summed E-state index contributed by atoms with van der Waals surface area (Å²) in [6.07, 6.45) is 8.18. The fourth-order valence-electron chi connectivity index (χ4n) is 3.34. The van der Waals surface area contributed by atoms with Crippen LogP contribution in [-0.4, -0.2) is 24.5 Å². The van der Waals surface area contributed by atoms with Crippen LogP contribution < -0.4 is 5.73 Å². The molecule has 2 aliphatic rings. The molecule has 3 rings (SSSR count). The Hall–Kier alpha value is -0.860. The van der Waals surface area contributed by atoms with Crippen LogP contribution in [0.3, 0.4) is 0 Å². The van der Waals surface area contributed by atoms with E-state index >= 15 is 0 Å².